The molecule has 0 N–H and O–H groups in total. The normalized spacial score (nSPS) is 13.4. The van der Waals surface area contributed by atoms with E-state index < -0.39 is 10.8 Å². The SMILES string of the molecule is c1ccc(-c2nc(-c3ccc4c(c3)oc3c(-c5ccc(-c6nc(-c7cccc8c7Oc7ccccc7C87c8ccccc8-c8ccccc87)nc(-c7ccc(-c8ccccc8)c8ccccc78)n6)cc5)cccc34)nc(-c3cccc4c3Oc3ccccc3C43c4ccccc4-c4ccccc43)n2)cc1. The lowest BCUT2D eigenvalue weighted by atomic mass is 9.66. The molecule has 0 amide bonds. The molecule has 2 aliphatic heterocycles. The van der Waals surface area contributed by atoms with Crippen molar-refractivity contribution in [2.24, 2.45) is 0 Å². The molecule has 0 unspecified atom stereocenters. The Morgan fingerprint density at radius 3 is 1.09 bits per heavy atom. The minimum Gasteiger partial charge on any atom is -0.456 e. The largest absolute Gasteiger partial charge is 0.456 e. The van der Waals surface area contributed by atoms with Gasteiger partial charge in [0.1, 0.15) is 34.2 Å². The van der Waals surface area contributed by atoms with Gasteiger partial charge in [-0.15, -0.1) is 0 Å². The van der Waals surface area contributed by atoms with Crippen molar-refractivity contribution in [3.05, 3.63) is 384 Å². The number of nitrogens with zero attached hydrogens (tertiary/aromatic N) is 6. The third-order valence-electron chi connectivity index (χ3n) is 22.0. The number of hydrogen-bond acceptors (Lipinski definition) is 9. The monoisotopic (exact) mass is 1340 g/mol. The summed E-state index contributed by atoms with van der Waals surface area (Å²) in [4.78, 5) is 32.4. The molecule has 4 aliphatic rings. The summed E-state index contributed by atoms with van der Waals surface area (Å²) >= 11 is 0. The van der Waals surface area contributed by atoms with E-state index in [0.29, 0.717) is 52.0 Å². The fourth-order valence-electron chi connectivity index (χ4n) is 17.5. The first kappa shape index (κ1) is 58.7. The van der Waals surface area contributed by atoms with Crippen LogP contribution in [-0.2, 0) is 10.8 Å². The highest BCUT2D eigenvalue weighted by Gasteiger charge is 2.53. The van der Waals surface area contributed by atoms with Crippen molar-refractivity contribution in [2.75, 3.05) is 0 Å². The molecule has 0 radical (unpaired) electrons. The van der Waals surface area contributed by atoms with Crippen molar-refractivity contribution < 1.29 is 13.9 Å². The summed E-state index contributed by atoms with van der Waals surface area (Å²) in [6.45, 7) is 0. The van der Waals surface area contributed by atoms with E-state index >= 15 is 0 Å². The molecule has 0 bridgehead atoms. The van der Waals surface area contributed by atoms with E-state index in [2.05, 4.69) is 303 Å². The van der Waals surface area contributed by atoms with Gasteiger partial charge in [0.2, 0.25) is 0 Å². The van der Waals surface area contributed by atoms with Crippen molar-refractivity contribution in [3.63, 3.8) is 0 Å². The van der Waals surface area contributed by atoms with Crippen LogP contribution in [0.25, 0.3) is 146 Å². The number of hydrogen-bond donors (Lipinski definition) is 0. The van der Waals surface area contributed by atoms with E-state index in [1.807, 2.05) is 36.4 Å². The average molecular weight is 1340 g/mol. The van der Waals surface area contributed by atoms with Gasteiger partial charge in [0, 0.05) is 60.8 Å². The highest BCUT2D eigenvalue weighted by atomic mass is 16.5. The topological polar surface area (TPSA) is 109 Å². The minimum atomic E-state index is -0.683. The minimum absolute atomic E-state index is 0.491. The van der Waals surface area contributed by atoms with E-state index in [9.17, 15) is 0 Å². The molecule has 0 saturated heterocycles. The van der Waals surface area contributed by atoms with E-state index in [1.54, 1.807) is 0 Å². The summed E-state index contributed by atoms with van der Waals surface area (Å²) in [5, 5.41) is 4.07. The molecule has 0 fully saturated rings. The molecular weight excluding hydrogens is 1290 g/mol. The second-order valence-electron chi connectivity index (χ2n) is 27.4. The summed E-state index contributed by atoms with van der Waals surface area (Å²) in [5.74, 6) is 6.06. The molecular formula is C96H56N6O3. The highest BCUT2D eigenvalue weighted by Crippen LogP contribution is 2.65. The predicted molar refractivity (Wildman–Crippen MR) is 416 cm³/mol. The zero-order chi connectivity index (χ0) is 68.9. The maximum absolute atomic E-state index is 7.23. The number of para-hydroxylation sites is 5. The second-order valence-corrected chi connectivity index (χ2v) is 27.4. The molecule has 22 rings (SSSR count). The number of rotatable bonds is 8. The first-order valence-corrected chi connectivity index (χ1v) is 35.5. The molecule has 9 nitrogen and oxygen atoms in total. The molecule has 3 aromatic heterocycles. The lowest BCUT2D eigenvalue weighted by Crippen LogP contribution is -2.32. The maximum atomic E-state index is 7.23. The molecule has 18 aromatic rings. The molecule has 5 heterocycles. The van der Waals surface area contributed by atoms with Gasteiger partial charge in [0.15, 0.2) is 34.9 Å². The van der Waals surface area contributed by atoms with E-state index in [1.165, 1.54) is 44.5 Å². The van der Waals surface area contributed by atoms with Gasteiger partial charge in [-0.2, -0.15) is 0 Å². The van der Waals surface area contributed by atoms with Crippen molar-refractivity contribution >= 4 is 32.7 Å². The van der Waals surface area contributed by atoms with E-state index in [0.717, 1.165) is 117 Å². The van der Waals surface area contributed by atoms with Gasteiger partial charge < -0.3 is 13.9 Å². The summed E-state index contributed by atoms with van der Waals surface area (Å²) in [6.07, 6.45) is 0. The number of ether oxygens (including phenoxy) is 2. The van der Waals surface area contributed by atoms with Crippen LogP contribution in [-0.4, -0.2) is 29.9 Å². The molecule has 9 heteroatoms. The first-order valence-electron chi connectivity index (χ1n) is 35.5. The highest BCUT2D eigenvalue weighted by molar-refractivity contribution is 6.11. The van der Waals surface area contributed by atoms with E-state index in [-0.39, 0.29) is 0 Å². The quantitative estimate of drug-likeness (QED) is 0.147. The van der Waals surface area contributed by atoms with Gasteiger partial charge in [-0.1, -0.05) is 297 Å². The summed E-state index contributed by atoms with van der Waals surface area (Å²) in [5.41, 5.74) is 23.0. The van der Waals surface area contributed by atoms with Crippen LogP contribution in [0.15, 0.2) is 344 Å². The zero-order valence-corrected chi connectivity index (χ0v) is 56.2. The van der Waals surface area contributed by atoms with Crippen LogP contribution >= 0.6 is 0 Å². The first-order chi connectivity index (χ1) is 52.0. The van der Waals surface area contributed by atoms with Gasteiger partial charge in [-0.25, -0.2) is 29.9 Å². The van der Waals surface area contributed by atoms with Crippen molar-refractivity contribution in [1.82, 2.24) is 29.9 Å². The lowest BCUT2D eigenvalue weighted by Gasteiger charge is -2.39. The van der Waals surface area contributed by atoms with Crippen molar-refractivity contribution in [1.29, 1.82) is 0 Å². The second kappa shape index (κ2) is 22.7. The fourth-order valence-corrected chi connectivity index (χ4v) is 17.5. The van der Waals surface area contributed by atoms with Gasteiger partial charge >= 0.3 is 0 Å². The van der Waals surface area contributed by atoms with Crippen LogP contribution in [0.1, 0.15) is 44.5 Å². The molecule has 0 atom stereocenters. The van der Waals surface area contributed by atoms with E-state index in [4.69, 9.17) is 43.8 Å². The van der Waals surface area contributed by atoms with Gasteiger partial charge in [0.05, 0.1) is 22.0 Å². The molecule has 105 heavy (non-hydrogen) atoms. The Balaban J connectivity index is 0.666. The van der Waals surface area contributed by atoms with Crippen LogP contribution in [0.2, 0.25) is 0 Å². The average Bonchev–Trinajstić information content (AvgIpc) is 1.57. The lowest BCUT2D eigenvalue weighted by molar-refractivity contribution is 0.437. The van der Waals surface area contributed by atoms with Crippen LogP contribution in [0.5, 0.6) is 23.0 Å². The van der Waals surface area contributed by atoms with Crippen molar-refractivity contribution in [2.45, 2.75) is 10.8 Å². The third-order valence-corrected chi connectivity index (χ3v) is 22.0. The summed E-state index contributed by atoms with van der Waals surface area (Å²) in [7, 11) is 0. The number of benzene rings is 15. The van der Waals surface area contributed by atoms with Crippen LogP contribution in [0.4, 0.5) is 0 Å². The number of fused-ring (bicyclic) bond motifs is 22. The van der Waals surface area contributed by atoms with Gasteiger partial charge in [0.25, 0.3) is 0 Å². The third kappa shape index (κ3) is 8.58. The molecule has 488 valence electrons. The molecule has 2 aliphatic carbocycles. The Kier molecular flexibility index (Phi) is 12.7. The Hall–Kier alpha value is -14.0. The summed E-state index contributed by atoms with van der Waals surface area (Å²) < 4.78 is 21.4. The Bertz CT molecular complexity index is 6590. The smallest absolute Gasteiger partial charge is 0.167 e. The molecule has 15 aromatic carbocycles. The Labute approximate surface area is 603 Å². The Morgan fingerprint density at radius 1 is 0.200 bits per heavy atom. The molecule has 0 saturated carbocycles. The maximum Gasteiger partial charge on any atom is 0.167 e. The van der Waals surface area contributed by atoms with Crippen molar-refractivity contribution in [3.8, 4) is 136 Å². The standard InChI is InChI=1S/C96H56N6O3/c1-3-24-57(25-4-1)62-54-55-72(65-29-8-7-28-64(62)65)92-98-90(100-94(102-92)74-37-23-45-82-88(74)104-84-47-20-18-43-80(84)96(82)77-40-15-11-32-68(77)69-33-12-16-41-78(69)96)60-50-48-58(49-51-60)63-34-21-35-71-70-53-52-61(56-85(70)105-86(63)71)91-97-89(59-26-5-2-6-27-59)99-93(101-91)73-36-22-44-81-87(73)103-83-46-19-17-42-79(83)95(81)75-38-13-9-30-66(75)67-31-10-14-39-76(67)95/h1-56H. The molecule has 2 spiro atoms. The number of furan rings is 1. The van der Waals surface area contributed by atoms with Crippen LogP contribution in [0, 0.1) is 0 Å². The summed E-state index contributed by atoms with van der Waals surface area (Å²) in [6, 6.07) is 119. The fraction of sp³-hybridized carbons (Fsp3) is 0.0208. The number of aromatic nitrogens is 6. The predicted octanol–water partition coefficient (Wildman–Crippen LogP) is 23.4. The van der Waals surface area contributed by atoms with Crippen LogP contribution in [0.3, 0.4) is 0 Å². The van der Waals surface area contributed by atoms with Crippen LogP contribution < -0.4 is 9.47 Å². The van der Waals surface area contributed by atoms with Gasteiger partial charge in [-0.3, -0.25) is 0 Å². The Morgan fingerprint density at radius 2 is 0.543 bits per heavy atom. The van der Waals surface area contributed by atoms with Gasteiger partial charge in [-0.05, 0) is 114 Å². The zero-order valence-electron chi connectivity index (χ0n) is 56.2.